The van der Waals surface area contributed by atoms with Crippen LogP contribution in [0.1, 0.15) is 25.0 Å². The van der Waals surface area contributed by atoms with Gasteiger partial charge in [0.05, 0.1) is 0 Å². The van der Waals surface area contributed by atoms with Crippen LogP contribution in [0, 0.1) is 6.92 Å². The number of rotatable bonds is 8. The molecule has 0 atom stereocenters. The molecule has 4 heterocycles. The zero-order valence-electron chi connectivity index (χ0n) is 18.9. The number of hydrogen-bond acceptors (Lipinski definition) is 7. The van der Waals surface area contributed by atoms with Gasteiger partial charge in [0.1, 0.15) is 29.7 Å². The maximum Gasteiger partial charge on any atom is 0.158 e. The topological polar surface area (TPSA) is 84.9 Å². The van der Waals surface area contributed by atoms with E-state index in [9.17, 15) is 0 Å². The Bertz CT molecular complexity index is 1400. The molecule has 0 unspecified atom stereocenters. The minimum Gasteiger partial charge on any atom is -0.457 e. The molecule has 33 heavy (non-hydrogen) atoms. The molecule has 168 valence electrons. The fourth-order valence-electron chi connectivity index (χ4n) is 3.89. The van der Waals surface area contributed by atoms with E-state index in [0.717, 1.165) is 53.6 Å². The zero-order valence-corrected chi connectivity index (χ0v) is 18.9. The van der Waals surface area contributed by atoms with Crippen LogP contribution in [0.15, 0.2) is 61.4 Å². The molecule has 1 aromatic carbocycles. The van der Waals surface area contributed by atoms with Gasteiger partial charge in [-0.25, -0.2) is 19.0 Å². The second-order valence-electron chi connectivity index (χ2n) is 7.84. The Morgan fingerprint density at radius 2 is 1.73 bits per heavy atom. The van der Waals surface area contributed by atoms with Crippen LogP contribution in [0.2, 0.25) is 0 Å². The minimum absolute atomic E-state index is 0.714. The monoisotopic (exact) mass is 442 g/mol. The Hall–Kier alpha value is -3.98. The van der Waals surface area contributed by atoms with Gasteiger partial charge in [0.2, 0.25) is 0 Å². The van der Waals surface area contributed by atoms with E-state index in [1.165, 1.54) is 11.9 Å². The number of pyridine rings is 1. The molecule has 0 spiro atoms. The Kier molecular flexibility index (Phi) is 5.62. The summed E-state index contributed by atoms with van der Waals surface area (Å²) in [5.41, 5.74) is 4.86. The van der Waals surface area contributed by atoms with Gasteiger partial charge in [-0.1, -0.05) is 13.8 Å². The van der Waals surface area contributed by atoms with Crippen molar-refractivity contribution < 1.29 is 4.74 Å². The third-order valence-electron chi connectivity index (χ3n) is 5.74. The van der Waals surface area contributed by atoms with E-state index in [4.69, 9.17) is 4.74 Å². The molecule has 0 saturated heterocycles. The van der Waals surface area contributed by atoms with Crippen molar-refractivity contribution in [2.45, 2.75) is 27.3 Å². The van der Waals surface area contributed by atoms with Gasteiger partial charge in [0.15, 0.2) is 11.5 Å². The van der Waals surface area contributed by atoms with Crippen molar-refractivity contribution >= 4 is 22.7 Å². The van der Waals surface area contributed by atoms with Crippen molar-refractivity contribution in [3.63, 3.8) is 0 Å². The van der Waals surface area contributed by atoms with E-state index in [1.54, 1.807) is 10.8 Å². The van der Waals surface area contributed by atoms with E-state index in [2.05, 4.69) is 56.4 Å². The summed E-state index contributed by atoms with van der Waals surface area (Å²) in [5.74, 6) is 2.27. The van der Waals surface area contributed by atoms with Crippen LogP contribution in [0.4, 0.5) is 11.5 Å². The van der Waals surface area contributed by atoms with Gasteiger partial charge >= 0.3 is 0 Å². The third-order valence-corrected chi connectivity index (χ3v) is 5.74. The Balaban J connectivity index is 1.39. The van der Waals surface area contributed by atoms with Gasteiger partial charge < -0.3 is 10.1 Å². The summed E-state index contributed by atoms with van der Waals surface area (Å²) in [7, 11) is 0. The van der Waals surface area contributed by atoms with Crippen LogP contribution in [0.3, 0.4) is 0 Å². The highest BCUT2D eigenvalue weighted by atomic mass is 16.5. The number of aromatic nitrogens is 6. The first-order valence-electron chi connectivity index (χ1n) is 11.0. The summed E-state index contributed by atoms with van der Waals surface area (Å²) >= 11 is 0. The predicted octanol–water partition coefficient (Wildman–Crippen LogP) is 4.46. The Morgan fingerprint density at radius 1 is 0.939 bits per heavy atom. The molecule has 0 bridgehead atoms. The highest BCUT2D eigenvalue weighted by Gasteiger charge is 2.13. The molecule has 4 aromatic heterocycles. The van der Waals surface area contributed by atoms with Crippen molar-refractivity contribution in [1.82, 2.24) is 34.1 Å². The molecule has 0 saturated carbocycles. The lowest BCUT2D eigenvalue weighted by atomic mass is 10.2. The van der Waals surface area contributed by atoms with E-state index >= 15 is 0 Å². The van der Waals surface area contributed by atoms with Crippen LogP contribution in [0.25, 0.3) is 11.2 Å². The summed E-state index contributed by atoms with van der Waals surface area (Å²) in [6.07, 6.45) is 6.90. The van der Waals surface area contributed by atoms with Gasteiger partial charge in [-0.05, 0) is 61.5 Å². The number of aryl methyl sites for hydroxylation is 1. The average Bonchev–Trinajstić information content (AvgIpc) is 3.46. The van der Waals surface area contributed by atoms with Crippen LogP contribution >= 0.6 is 0 Å². The third kappa shape index (κ3) is 4.22. The highest BCUT2D eigenvalue weighted by Crippen LogP contribution is 2.30. The van der Waals surface area contributed by atoms with Crippen molar-refractivity contribution in [2.24, 2.45) is 0 Å². The van der Waals surface area contributed by atoms with Gasteiger partial charge in [0, 0.05) is 30.7 Å². The maximum absolute atomic E-state index is 6.09. The minimum atomic E-state index is 0.714. The molecule has 9 nitrogen and oxygen atoms in total. The van der Waals surface area contributed by atoms with E-state index in [1.807, 2.05) is 48.1 Å². The zero-order chi connectivity index (χ0) is 22.8. The molecule has 0 aliphatic carbocycles. The normalized spacial score (nSPS) is 11.5. The molecule has 0 amide bonds. The number of nitrogens with zero attached hydrogens (tertiary/aromatic N) is 7. The summed E-state index contributed by atoms with van der Waals surface area (Å²) in [6.45, 7) is 9.22. The molecule has 0 aliphatic rings. The number of ether oxygens (including phenoxy) is 1. The molecule has 0 aliphatic heterocycles. The molecule has 1 N–H and O–H groups in total. The van der Waals surface area contributed by atoms with Crippen LogP contribution in [0.5, 0.6) is 11.5 Å². The Labute approximate surface area is 191 Å². The maximum atomic E-state index is 6.09. The van der Waals surface area contributed by atoms with Crippen LogP contribution in [-0.4, -0.2) is 47.2 Å². The molecular formula is C24H26N8O. The number of hydrogen-bond donors (Lipinski definition) is 1. The van der Waals surface area contributed by atoms with E-state index in [-0.39, 0.29) is 0 Å². The fourth-order valence-corrected chi connectivity index (χ4v) is 3.89. The molecule has 0 fully saturated rings. The second-order valence-corrected chi connectivity index (χ2v) is 7.84. The van der Waals surface area contributed by atoms with Crippen molar-refractivity contribution in [2.75, 3.05) is 18.4 Å². The number of anilines is 2. The fraction of sp³-hybridized carbons (Fsp3) is 0.250. The highest BCUT2D eigenvalue weighted by molar-refractivity contribution is 5.76. The lowest BCUT2D eigenvalue weighted by Crippen LogP contribution is -2.22. The first-order chi connectivity index (χ1) is 16.1. The molecule has 5 aromatic rings. The standard InChI is InChI=1S/C24H26N8O/c1-4-30(5-2)14-18-8-10-32-23(18)24(26-16-28-32)29-19-6-7-21(17(3)12-19)33-20-9-11-31-22(13-20)25-15-27-31/h6-13,15-16H,4-5,14H2,1-3H3,(H,26,28,29). The lowest BCUT2D eigenvalue weighted by molar-refractivity contribution is 0.297. The van der Waals surface area contributed by atoms with Gasteiger partial charge in [-0.15, -0.1) is 0 Å². The van der Waals surface area contributed by atoms with Crippen molar-refractivity contribution in [3.8, 4) is 11.5 Å². The summed E-state index contributed by atoms with van der Waals surface area (Å²) in [4.78, 5) is 11.1. The average molecular weight is 443 g/mol. The summed E-state index contributed by atoms with van der Waals surface area (Å²) in [6, 6.07) is 11.8. The summed E-state index contributed by atoms with van der Waals surface area (Å²) in [5, 5.41) is 12.0. The van der Waals surface area contributed by atoms with Crippen LogP contribution in [-0.2, 0) is 6.54 Å². The second kappa shape index (κ2) is 8.87. The molecule has 5 rings (SSSR count). The quantitative estimate of drug-likeness (QED) is 0.380. The first-order valence-corrected chi connectivity index (χ1v) is 11.0. The van der Waals surface area contributed by atoms with E-state index < -0.39 is 0 Å². The van der Waals surface area contributed by atoms with Crippen molar-refractivity contribution in [3.05, 3.63) is 72.6 Å². The Morgan fingerprint density at radius 3 is 2.55 bits per heavy atom. The smallest absolute Gasteiger partial charge is 0.158 e. The predicted molar refractivity (Wildman–Crippen MR) is 127 cm³/mol. The molecular weight excluding hydrogens is 416 g/mol. The number of benzene rings is 1. The first kappa shape index (κ1) is 20.9. The molecule has 9 heteroatoms. The number of nitrogens with one attached hydrogen (secondary N) is 1. The van der Waals surface area contributed by atoms with E-state index in [0.29, 0.717) is 5.75 Å². The van der Waals surface area contributed by atoms with Gasteiger partial charge in [-0.3, -0.25) is 4.90 Å². The molecule has 0 radical (unpaired) electrons. The number of fused-ring (bicyclic) bond motifs is 2. The van der Waals surface area contributed by atoms with Gasteiger partial charge in [0.25, 0.3) is 0 Å². The summed E-state index contributed by atoms with van der Waals surface area (Å²) < 4.78 is 9.67. The lowest BCUT2D eigenvalue weighted by Gasteiger charge is -2.18. The van der Waals surface area contributed by atoms with Gasteiger partial charge in [-0.2, -0.15) is 10.2 Å². The van der Waals surface area contributed by atoms with Crippen LogP contribution < -0.4 is 10.1 Å². The van der Waals surface area contributed by atoms with Crippen molar-refractivity contribution in [1.29, 1.82) is 0 Å². The SMILES string of the molecule is CCN(CC)Cc1ccn2ncnc(Nc3ccc(Oc4ccn5ncnc5c4)c(C)c3)c12. The largest absolute Gasteiger partial charge is 0.457 e.